The van der Waals surface area contributed by atoms with Gasteiger partial charge in [0.2, 0.25) is 0 Å². The molecule has 15 heteroatoms. The van der Waals surface area contributed by atoms with Crippen molar-refractivity contribution in [1.29, 1.82) is 5.53 Å². The van der Waals surface area contributed by atoms with Gasteiger partial charge in [-0.15, -0.1) is 5.10 Å². The second-order valence-corrected chi connectivity index (χ2v) is 9.15. The van der Waals surface area contributed by atoms with Crippen LogP contribution in [0.3, 0.4) is 0 Å². The quantitative estimate of drug-likeness (QED) is 0.160. The molecule has 4 aromatic rings. The van der Waals surface area contributed by atoms with Crippen molar-refractivity contribution in [2.75, 3.05) is 18.4 Å². The number of nitrogens with zero attached hydrogens (tertiary/aromatic N) is 6. The number of carbonyl (C=O) groups excluding carboxylic acids is 1. The van der Waals surface area contributed by atoms with Gasteiger partial charge in [0, 0.05) is 42.7 Å². The molecule has 0 radical (unpaired) electrons. The molecule has 1 aliphatic heterocycles. The molecule has 0 atom stereocenters. The number of aromatic hydroxyl groups is 2. The Morgan fingerprint density at radius 3 is 2.21 bits per heavy atom. The summed E-state index contributed by atoms with van der Waals surface area (Å²) in [7, 11) is 0. The van der Waals surface area contributed by atoms with E-state index in [-0.39, 0.29) is 45.4 Å². The minimum atomic E-state index is -1.29. The van der Waals surface area contributed by atoms with Crippen LogP contribution >= 0.6 is 0 Å². The number of pyridine rings is 1. The zero-order valence-corrected chi connectivity index (χ0v) is 21.6. The number of anilines is 1. The van der Waals surface area contributed by atoms with Gasteiger partial charge in [-0.25, -0.2) is 24.8 Å². The van der Waals surface area contributed by atoms with Crippen LogP contribution in [0.15, 0.2) is 66.0 Å². The molecule has 0 spiro atoms. The summed E-state index contributed by atoms with van der Waals surface area (Å²) < 4.78 is 1.30. The number of amides is 1. The number of carbonyl (C=O) groups is 3. The van der Waals surface area contributed by atoms with Gasteiger partial charge < -0.3 is 30.6 Å². The maximum atomic E-state index is 13.1. The number of carboxylic acid groups (broad SMARTS) is 2. The predicted molar refractivity (Wildman–Crippen MR) is 146 cm³/mol. The van der Waals surface area contributed by atoms with E-state index in [0.717, 1.165) is 6.42 Å². The van der Waals surface area contributed by atoms with Crippen LogP contribution in [-0.4, -0.2) is 76.2 Å². The molecule has 2 aromatic heterocycles. The molecule has 42 heavy (non-hydrogen) atoms. The van der Waals surface area contributed by atoms with Crippen LogP contribution in [0.25, 0.3) is 22.8 Å². The number of hydrogen-bond acceptors (Lipinski definition) is 11. The van der Waals surface area contributed by atoms with Crippen LogP contribution in [0.2, 0.25) is 0 Å². The lowest BCUT2D eigenvalue weighted by molar-refractivity contribution is 0.0649. The van der Waals surface area contributed by atoms with Crippen molar-refractivity contribution in [3.05, 3.63) is 83.3 Å². The summed E-state index contributed by atoms with van der Waals surface area (Å²) in [5, 5.41) is 52.8. The van der Waals surface area contributed by atoms with E-state index in [1.54, 1.807) is 4.90 Å². The van der Waals surface area contributed by atoms with Crippen LogP contribution in [0, 0.1) is 5.53 Å². The van der Waals surface area contributed by atoms with Crippen molar-refractivity contribution in [2.45, 2.75) is 6.42 Å². The molecule has 212 valence electrons. The number of carboxylic acids is 2. The van der Waals surface area contributed by atoms with E-state index < -0.39 is 23.4 Å². The zero-order valence-electron chi connectivity index (χ0n) is 21.6. The molecule has 5 rings (SSSR count). The van der Waals surface area contributed by atoms with E-state index in [0.29, 0.717) is 24.5 Å². The first-order valence-corrected chi connectivity index (χ1v) is 12.4. The topological polar surface area (TPSA) is 227 Å². The number of aromatic nitrogens is 4. The number of aromatic carboxylic acids is 2. The van der Waals surface area contributed by atoms with Crippen molar-refractivity contribution >= 4 is 29.2 Å². The largest absolute Gasteiger partial charge is 0.507 e. The maximum absolute atomic E-state index is 13.1. The Labute approximate surface area is 236 Å². The summed E-state index contributed by atoms with van der Waals surface area (Å²) in [6, 6.07) is 10.7. The monoisotopic (exact) mass is 570 g/mol. The van der Waals surface area contributed by atoms with E-state index in [9.17, 15) is 24.6 Å². The molecule has 1 saturated heterocycles. The molecule has 0 bridgehead atoms. The summed E-state index contributed by atoms with van der Waals surface area (Å²) in [4.78, 5) is 41.7. The van der Waals surface area contributed by atoms with Crippen LogP contribution in [0.1, 0.15) is 43.2 Å². The molecular weight excluding hydrogens is 548 g/mol. The molecule has 6 N–H and O–H groups in total. The van der Waals surface area contributed by atoms with Crippen molar-refractivity contribution in [1.82, 2.24) is 24.9 Å². The van der Waals surface area contributed by atoms with Crippen LogP contribution in [0.4, 0.5) is 5.69 Å². The van der Waals surface area contributed by atoms with Gasteiger partial charge in [-0.05, 0) is 42.8 Å². The van der Waals surface area contributed by atoms with Gasteiger partial charge in [0.25, 0.3) is 5.91 Å². The summed E-state index contributed by atoms with van der Waals surface area (Å²) in [5.74, 6) is -3.74. The van der Waals surface area contributed by atoms with Crippen molar-refractivity contribution < 1.29 is 34.8 Å². The first kappa shape index (κ1) is 27.4. The average Bonchev–Trinajstić information content (AvgIpc) is 3.42. The van der Waals surface area contributed by atoms with E-state index in [4.69, 9.17) is 15.7 Å². The average molecular weight is 571 g/mol. The lowest BCUT2D eigenvalue weighted by atomic mass is 10.1. The van der Waals surface area contributed by atoms with Crippen LogP contribution in [-0.2, 0) is 0 Å². The number of benzene rings is 2. The minimum absolute atomic E-state index is 0.0119. The molecule has 0 saturated carbocycles. The minimum Gasteiger partial charge on any atom is -0.507 e. The summed E-state index contributed by atoms with van der Waals surface area (Å²) in [6.07, 6.45) is 3.67. The van der Waals surface area contributed by atoms with Gasteiger partial charge in [-0.2, -0.15) is 5.11 Å². The normalized spacial score (nSPS) is 12.9. The maximum Gasteiger partial charge on any atom is 0.339 e. The second-order valence-electron chi connectivity index (χ2n) is 9.15. The van der Waals surface area contributed by atoms with Crippen LogP contribution < -0.4 is 5.32 Å². The fourth-order valence-corrected chi connectivity index (χ4v) is 4.09. The van der Waals surface area contributed by atoms with Gasteiger partial charge in [0.05, 0.1) is 23.3 Å². The molecule has 0 aliphatic carbocycles. The van der Waals surface area contributed by atoms with E-state index in [1.165, 1.54) is 65.6 Å². The van der Waals surface area contributed by atoms with E-state index >= 15 is 0 Å². The third-order valence-corrected chi connectivity index (χ3v) is 6.43. The first-order valence-electron chi connectivity index (χ1n) is 12.4. The molecule has 1 fully saturated rings. The molecule has 15 nitrogen and oxygen atoms in total. The highest BCUT2D eigenvalue weighted by Crippen LogP contribution is 2.27. The predicted octanol–water partition coefficient (Wildman–Crippen LogP) is 3.42. The Morgan fingerprint density at radius 2 is 1.62 bits per heavy atom. The highest BCUT2D eigenvalue weighted by Gasteiger charge is 2.24. The van der Waals surface area contributed by atoms with Crippen molar-refractivity contribution in [2.24, 2.45) is 5.11 Å². The third-order valence-electron chi connectivity index (χ3n) is 6.43. The van der Waals surface area contributed by atoms with Crippen molar-refractivity contribution in [3.8, 4) is 28.6 Å². The summed E-state index contributed by atoms with van der Waals surface area (Å²) >= 11 is 0. The van der Waals surface area contributed by atoms with Gasteiger partial charge >= 0.3 is 11.9 Å². The standard InChI is InChI=1S/C27H22N8O7/c28-31-21(12-29-15-2-4-17(26(39)40)23(36)10-15)19-8-14(25(38)34-6-1-7-34)9-20(30-19)22-13-35(33-32-22)16-3-5-18(27(41)42)24(37)11-16/h2-5,8-13,28-29,36-37H,1,6-7H2,(H,39,40)(H,41,42)/b21-12-,31-28?. The number of likely N-dealkylation sites (tertiary alicyclic amines) is 1. The number of rotatable bonds is 9. The molecule has 2 aromatic carbocycles. The fourth-order valence-electron chi connectivity index (χ4n) is 4.09. The summed E-state index contributed by atoms with van der Waals surface area (Å²) in [6.45, 7) is 1.20. The number of phenols is 2. The van der Waals surface area contributed by atoms with E-state index in [1.807, 2.05) is 0 Å². The van der Waals surface area contributed by atoms with E-state index in [2.05, 4.69) is 25.7 Å². The SMILES string of the molecule is N=N/C(=C\Nc1ccc(C(=O)O)c(O)c1)c1cc(C(=O)N2CCC2)cc(-c2cn(-c3ccc(C(=O)O)c(O)c3)nn2)n1. The summed E-state index contributed by atoms with van der Waals surface area (Å²) in [5.41, 5.74) is 8.70. The Balaban J connectivity index is 1.51. The Hall–Kier alpha value is -6.12. The molecule has 3 heterocycles. The van der Waals surface area contributed by atoms with Crippen molar-refractivity contribution in [3.63, 3.8) is 0 Å². The Bertz CT molecular complexity index is 1780. The Kier molecular flexibility index (Phi) is 7.30. The van der Waals surface area contributed by atoms with Gasteiger partial charge in [0.1, 0.15) is 34.0 Å². The van der Waals surface area contributed by atoms with Gasteiger partial charge in [0.15, 0.2) is 0 Å². The molecule has 1 amide bonds. The molecule has 0 unspecified atom stereocenters. The molecular formula is C27H22N8O7. The highest BCUT2D eigenvalue weighted by molar-refractivity contribution is 5.96. The smallest absolute Gasteiger partial charge is 0.339 e. The number of nitrogens with one attached hydrogen (secondary N) is 2. The number of hydrogen-bond donors (Lipinski definition) is 6. The highest BCUT2D eigenvalue weighted by atomic mass is 16.4. The third kappa shape index (κ3) is 5.46. The first-order chi connectivity index (χ1) is 20.1. The van der Waals surface area contributed by atoms with Crippen LogP contribution in [0.5, 0.6) is 11.5 Å². The lowest BCUT2D eigenvalue weighted by Gasteiger charge is -2.31. The lowest BCUT2D eigenvalue weighted by Crippen LogP contribution is -2.42. The Morgan fingerprint density at radius 1 is 0.929 bits per heavy atom. The fraction of sp³-hybridized carbons (Fsp3) is 0.111. The molecule has 1 aliphatic rings. The van der Waals surface area contributed by atoms with Gasteiger partial charge in [-0.1, -0.05) is 5.21 Å². The zero-order chi connectivity index (χ0) is 30.0. The van der Waals surface area contributed by atoms with Gasteiger partial charge in [-0.3, -0.25) is 4.79 Å². The second kappa shape index (κ2) is 11.2.